The number of benzene rings is 1. The molecule has 0 heterocycles. The standard InChI is InChI=1S/C11H13BrFNO/c1-7-5-9(3-4-10(7)13)8(2)14-11(15)6-12/h3-5,8H,6H2,1-2H3,(H,14,15). The predicted octanol–water partition coefficient (Wildman–Crippen LogP) is 2.71. The van der Waals surface area contributed by atoms with E-state index in [0.717, 1.165) is 5.56 Å². The lowest BCUT2D eigenvalue weighted by molar-refractivity contribution is -0.119. The SMILES string of the molecule is Cc1cc(C(C)NC(=O)CBr)ccc1F. The maximum Gasteiger partial charge on any atom is 0.231 e. The quantitative estimate of drug-likeness (QED) is 0.844. The summed E-state index contributed by atoms with van der Waals surface area (Å²) in [5, 5.41) is 3.06. The Balaban J connectivity index is 2.78. The molecule has 0 aromatic heterocycles. The first-order valence-corrected chi connectivity index (χ1v) is 5.78. The number of halogens is 2. The first-order chi connectivity index (χ1) is 7.04. The van der Waals surface area contributed by atoms with Crippen molar-refractivity contribution in [1.82, 2.24) is 5.32 Å². The van der Waals surface area contributed by atoms with Crippen LogP contribution in [0.4, 0.5) is 4.39 Å². The summed E-state index contributed by atoms with van der Waals surface area (Å²) in [5.41, 5.74) is 1.50. The third-order valence-electron chi connectivity index (χ3n) is 2.18. The second kappa shape index (κ2) is 5.26. The van der Waals surface area contributed by atoms with Crippen LogP contribution in [0.1, 0.15) is 24.1 Å². The number of hydrogen-bond acceptors (Lipinski definition) is 1. The number of carbonyl (C=O) groups is 1. The average Bonchev–Trinajstić information content (AvgIpc) is 2.21. The molecule has 1 atom stereocenters. The van der Waals surface area contributed by atoms with Gasteiger partial charge in [0.25, 0.3) is 0 Å². The molecule has 0 radical (unpaired) electrons. The van der Waals surface area contributed by atoms with Crippen LogP contribution in [0.25, 0.3) is 0 Å². The molecule has 0 aliphatic heterocycles. The molecule has 1 rings (SSSR count). The van der Waals surface area contributed by atoms with E-state index in [0.29, 0.717) is 5.56 Å². The Morgan fingerprint density at radius 3 is 2.80 bits per heavy atom. The van der Waals surface area contributed by atoms with E-state index in [2.05, 4.69) is 21.2 Å². The van der Waals surface area contributed by atoms with Crippen molar-refractivity contribution in [3.63, 3.8) is 0 Å². The average molecular weight is 274 g/mol. The minimum Gasteiger partial charge on any atom is -0.349 e. The first-order valence-electron chi connectivity index (χ1n) is 4.66. The van der Waals surface area contributed by atoms with Crippen LogP contribution in [0.5, 0.6) is 0 Å². The van der Waals surface area contributed by atoms with Gasteiger partial charge in [-0.3, -0.25) is 4.79 Å². The van der Waals surface area contributed by atoms with Crippen molar-refractivity contribution >= 4 is 21.8 Å². The fraction of sp³-hybridized carbons (Fsp3) is 0.364. The van der Waals surface area contributed by atoms with Crippen LogP contribution in [-0.2, 0) is 4.79 Å². The van der Waals surface area contributed by atoms with Crippen molar-refractivity contribution in [3.05, 3.63) is 35.1 Å². The number of aryl methyl sites for hydroxylation is 1. The van der Waals surface area contributed by atoms with Gasteiger partial charge in [0.05, 0.1) is 11.4 Å². The Morgan fingerprint density at radius 1 is 1.60 bits per heavy atom. The van der Waals surface area contributed by atoms with Crippen molar-refractivity contribution in [2.75, 3.05) is 5.33 Å². The van der Waals surface area contributed by atoms with Gasteiger partial charge < -0.3 is 5.32 Å². The Labute approximate surface area is 97.0 Å². The highest BCUT2D eigenvalue weighted by atomic mass is 79.9. The monoisotopic (exact) mass is 273 g/mol. The van der Waals surface area contributed by atoms with Crippen LogP contribution < -0.4 is 5.32 Å². The van der Waals surface area contributed by atoms with Crippen LogP contribution in [0.3, 0.4) is 0 Å². The lowest BCUT2D eigenvalue weighted by Crippen LogP contribution is -2.27. The predicted molar refractivity (Wildman–Crippen MR) is 61.5 cm³/mol. The van der Waals surface area contributed by atoms with Gasteiger partial charge in [-0.25, -0.2) is 4.39 Å². The second-order valence-corrected chi connectivity index (χ2v) is 3.99. The Hall–Kier alpha value is -0.900. The van der Waals surface area contributed by atoms with Gasteiger partial charge in [0.2, 0.25) is 5.91 Å². The highest BCUT2D eigenvalue weighted by Crippen LogP contribution is 2.16. The molecule has 1 N–H and O–H groups in total. The molecule has 15 heavy (non-hydrogen) atoms. The van der Waals surface area contributed by atoms with Crippen molar-refractivity contribution in [1.29, 1.82) is 0 Å². The van der Waals surface area contributed by atoms with Crippen LogP contribution >= 0.6 is 15.9 Å². The summed E-state index contributed by atoms with van der Waals surface area (Å²) in [7, 11) is 0. The van der Waals surface area contributed by atoms with Gasteiger partial charge in [-0.05, 0) is 31.0 Å². The van der Waals surface area contributed by atoms with E-state index in [1.165, 1.54) is 6.07 Å². The number of nitrogens with one attached hydrogen (secondary N) is 1. The van der Waals surface area contributed by atoms with E-state index >= 15 is 0 Å². The van der Waals surface area contributed by atoms with Gasteiger partial charge in [-0.2, -0.15) is 0 Å². The van der Waals surface area contributed by atoms with Crippen LogP contribution in [0.15, 0.2) is 18.2 Å². The molecule has 0 saturated heterocycles. The van der Waals surface area contributed by atoms with Crippen molar-refractivity contribution < 1.29 is 9.18 Å². The molecule has 0 fully saturated rings. The van der Waals surface area contributed by atoms with E-state index in [1.54, 1.807) is 19.1 Å². The fourth-order valence-corrected chi connectivity index (χ4v) is 1.46. The van der Waals surface area contributed by atoms with Gasteiger partial charge in [0.1, 0.15) is 5.82 Å². The highest BCUT2D eigenvalue weighted by molar-refractivity contribution is 9.09. The molecule has 4 heteroatoms. The summed E-state index contributed by atoms with van der Waals surface area (Å²) in [5.74, 6) is -0.303. The maximum atomic E-state index is 13.0. The van der Waals surface area contributed by atoms with E-state index in [4.69, 9.17) is 0 Å². The van der Waals surface area contributed by atoms with E-state index < -0.39 is 0 Å². The minimum absolute atomic E-state index is 0.0792. The molecular formula is C11H13BrFNO. The maximum absolute atomic E-state index is 13.0. The fourth-order valence-electron chi connectivity index (χ4n) is 1.30. The number of rotatable bonds is 3. The van der Waals surface area contributed by atoms with Gasteiger partial charge >= 0.3 is 0 Å². The molecule has 0 bridgehead atoms. The van der Waals surface area contributed by atoms with Crippen molar-refractivity contribution in [2.24, 2.45) is 0 Å². The van der Waals surface area contributed by atoms with Crippen LogP contribution in [0.2, 0.25) is 0 Å². The molecule has 0 saturated carbocycles. The summed E-state index contributed by atoms with van der Waals surface area (Å²) >= 11 is 3.07. The molecule has 0 spiro atoms. The third kappa shape index (κ3) is 3.30. The normalized spacial score (nSPS) is 12.3. The summed E-state index contributed by atoms with van der Waals surface area (Å²) in [4.78, 5) is 11.1. The zero-order valence-corrected chi connectivity index (χ0v) is 10.3. The zero-order valence-electron chi connectivity index (χ0n) is 8.68. The van der Waals surface area contributed by atoms with E-state index in [9.17, 15) is 9.18 Å². The molecule has 0 aliphatic carbocycles. The lowest BCUT2D eigenvalue weighted by atomic mass is 10.1. The van der Waals surface area contributed by atoms with E-state index in [-0.39, 0.29) is 23.1 Å². The van der Waals surface area contributed by atoms with Gasteiger partial charge in [0.15, 0.2) is 0 Å². The first kappa shape index (κ1) is 12.2. The zero-order chi connectivity index (χ0) is 11.4. The molecule has 82 valence electrons. The van der Waals surface area contributed by atoms with Crippen LogP contribution in [0, 0.1) is 12.7 Å². The van der Waals surface area contributed by atoms with Gasteiger partial charge in [0, 0.05) is 0 Å². The van der Waals surface area contributed by atoms with Gasteiger partial charge in [-0.15, -0.1) is 0 Å². The molecule has 1 aromatic rings. The topological polar surface area (TPSA) is 29.1 Å². The van der Waals surface area contributed by atoms with Crippen molar-refractivity contribution in [2.45, 2.75) is 19.9 Å². The number of hydrogen-bond donors (Lipinski definition) is 1. The minimum atomic E-state index is -0.224. The Bertz CT molecular complexity index is 368. The largest absolute Gasteiger partial charge is 0.349 e. The Morgan fingerprint density at radius 2 is 2.27 bits per heavy atom. The Kier molecular flexibility index (Phi) is 4.27. The smallest absolute Gasteiger partial charge is 0.231 e. The molecule has 1 unspecified atom stereocenters. The molecule has 1 aromatic carbocycles. The summed E-state index contributed by atoms with van der Waals surface area (Å²) < 4.78 is 13.0. The molecule has 1 amide bonds. The molecule has 2 nitrogen and oxygen atoms in total. The number of carbonyl (C=O) groups excluding carboxylic acids is 1. The second-order valence-electron chi connectivity index (χ2n) is 3.43. The summed E-state index contributed by atoms with van der Waals surface area (Å²) in [6, 6.07) is 4.74. The third-order valence-corrected chi connectivity index (χ3v) is 2.69. The van der Waals surface area contributed by atoms with Gasteiger partial charge in [-0.1, -0.05) is 28.1 Å². The molecular weight excluding hydrogens is 261 g/mol. The number of amides is 1. The lowest BCUT2D eigenvalue weighted by Gasteiger charge is -2.14. The number of alkyl halides is 1. The summed E-state index contributed by atoms with van der Waals surface area (Å²) in [6.07, 6.45) is 0. The highest BCUT2D eigenvalue weighted by Gasteiger charge is 2.09. The molecule has 0 aliphatic rings. The van der Waals surface area contributed by atoms with E-state index in [1.807, 2.05) is 6.92 Å². The van der Waals surface area contributed by atoms with Crippen LogP contribution in [-0.4, -0.2) is 11.2 Å². The summed E-state index contributed by atoms with van der Waals surface area (Å²) in [6.45, 7) is 3.57. The van der Waals surface area contributed by atoms with Crippen molar-refractivity contribution in [3.8, 4) is 0 Å².